The van der Waals surface area contributed by atoms with Crippen LogP contribution in [0, 0.1) is 10.1 Å². The van der Waals surface area contributed by atoms with Gasteiger partial charge < -0.3 is 10.3 Å². The van der Waals surface area contributed by atoms with Crippen molar-refractivity contribution in [3.8, 4) is 0 Å². The van der Waals surface area contributed by atoms with Crippen LogP contribution in [0.3, 0.4) is 0 Å². The molecule has 9 nitrogen and oxygen atoms in total. The Labute approximate surface area is 194 Å². The lowest BCUT2D eigenvalue weighted by Crippen LogP contribution is -2.35. The molecule has 0 spiro atoms. The fourth-order valence-corrected chi connectivity index (χ4v) is 5.73. The van der Waals surface area contributed by atoms with Gasteiger partial charge in [0, 0.05) is 0 Å². The van der Waals surface area contributed by atoms with E-state index < -0.39 is 11.9 Å². The molecule has 0 aliphatic carbocycles. The third-order valence-corrected chi connectivity index (χ3v) is 6.61. The number of nitrogens with one attached hydrogen (secondary N) is 2. The highest BCUT2D eigenvalue weighted by Crippen LogP contribution is 2.52. The summed E-state index contributed by atoms with van der Waals surface area (Å²) in [5.74, 6) is -0.161. The molecule has 0 aliphatic rings. The van der Waals surface area contributed by atoms with Gasteiger partial charge in [-0.1, -0.05) is 40.9 Å². The molecule has 0 aliphatic heterocycles. The van der Waals surface area contributed by atoms with Gasteiger partial charge in [-0.15, -0.1) is 0 Å². The number of anilines is 2. The Morgan fingerprint density at radius 3 is 2.76 bits per heavy atom. The number of thioether (sulfide) groups is 1. The molecule has 3 aromatic rings. The first-order valence-electron chi connectivity index (χ1n) is 7.30. The van der Waals surface area contributed by atoms with Gasteiger partial charge in [0.1, 0.15) is 9.85 Å². The Balaban J connectivity index is 2.13. The van der Waals surface area contributed by atoms with E-state index in [0.29, 0.717) is 16.2 Å². The van der Waals surface area contributed by atoms with Crippen LogP contribution in [0.1, 0.15) is 5.82 Å². The number of imidazole rings is 1. The molecule has 2 aromatic heterocycles. The van der Waals surface area contributed by atoms with Crippen molar-refractivity contribution in [3.63, 3.8) is 0 Å². The first-order chi connectivity index (χ1) is 13.5. The zero-order chi connectivity index (χ0) is 21.4. The summed E-state index contributed by atoms with van der Waals surface area (Å²) in [6.45, 7) is 0. The van der Waals surface area contributed by atoms with Crippen molar-refractivity contribution in [1.82, 2.24) is 19.9 Å². The number of benzene rings is 1. The van der Waals surface area contributed by atoms with Crippen LogP contribution < -0.4 is 11.1 Å². The minimum Gasteiger partial charge on any atom is -0.340 e. The quantitative estimate of drug-likeness (QED) is 0.114. The minimum absolute atomic E-state index is 0.0158. The topological polar surface area (TPSA) is 136 Å². The predicted molar refractivity (Wildman–Crippen MR) is 118 cm³/mol. The Kier molecular flexibility index (Phi) is 6.68. The molecule has 0 bridgehead atoms. The molecule has 3 rings (SSSR count). The lowest BCUT2D eigenvalue weighted by Gasteiger charge is -2.24. The number of hydrogen-bond donors (Lipinski definition) is 3. The number of hydrogen-bond acceptors (Lipinski definition) is 9. The van der Waals surface area contributed by atoms with E-state index in [-0.39, 0.29) is 46.0 Å². The summed E-state index contributed by atoms with van der Waals surface area (Å²) in [6, 6.07) is 4.89. The number of nitrogens with two attached hydrogens (primary N) is 1. The smallest absolute Gasteiger partial charge is 0.287 e. The Morgan fingerprint density at radius 2 is 2.10 bits per heavy atom. The van der Waals surface area contributed by atoms with Gasteiger partial charge in [-0.25, -0.2) is 19.3 Å². The average molecular weight is 564 g/mol. The van der Waals surface area contributed by atoms with Crippen molar-refractivity contribution in [2.45, 2.75) is 7.57 Å². The van der Waals surface area contributed by atoms with Crippen molar-refractivity contribution in [2.24, 2.45) is 5.73 Å². The summed E-state index contributed by atoms with van der Waals surface area (Å²) in [5, 5.41) is 14.6. The maximum atomic E-state index is 14.0. The van der Waals surface area contributed by atoms with E-state index in [1.165, 1.54) is 6.33 Å². The lowest BCUT2D eigenvalue weighted by atomic mass is 10.3. The monoisotopic (exact) mass is 561 g/mol. The normalized spacial score (nSPS) is 15.7. The molecular weight excluding hydrogens is 556 g/mol. The van der Waals surface area contributed by atoms with Crippen LogP contribution in [0.15, 0.2) is 24.5 Å². The van der Waals surface area contributed by atoms with E-state index in [2.05, 4.69) is 41.2 Å². The van der Waals surface area contributed by atoms with Gasteiger partial charge in [-0.2, -0.15) is 0 Å². The van der Waals surface area contributed by atoms with Crippen LogP contribution in [-0.4, -0.2) is 27.6 Å². The zero-order valence-electron chi connectivity index (χ0n) is 13.7. The van der Waals surface area contributed by atoms with E-state index in [1.807, 2.05) is 0 Å². The van der Waals surface area contributed by atoms with Gasteiger partial charge in [-0.3, -0.25) is 15.8 Å². The molecule has 0 saturated carbocycles. The first-order valence-corrected chi connectivity index (χ1v) is 10.8. The van der Waals surface area contributed by atoms with E-state index in [1.54, 1.807) is 18.2 Å². The maximum Gasteiger partial charge on any atom is 0.287 e. The first kappa shape index (κ1) is 22.6. The summed E-state index contributed by atoms with van der Waals surface area (Å²) in [6.07, 6.45) is 1.34. The number of aromatic nitrogens is 4. The standard InChI is InChI=1S/C13H8BrCl3FN7O2S2/c14-13(17,18)28-12(19,29-25(26)27)11-23-9-8(20-4-21-9)10(24-11)22-6-3-1-2-5(15)7(6)16/h1-4H,19H2,(H2,20,21,22,23,24). The van der Waals surface area contributed by atoms with Gasteiger partial charge in [0.15, 0.2) is 17.3 Å². The van der Waals surface area contributed by atoms with Crippen LogP contribution in [0.5, 0.6) is 0 Å². The van der Waals surface area contributed by atoms with Gasteiger partial charge in [0.05, 0.1) is 22.1 Å². The molecule has 2 unspecified atom stereocenters. The summed E-state index contributed by atoms with van der Waals surface area (Å²) in [4.78, 5) is 26.3. The number of H-pyrrole nitrogens is 1. The van der Waals surface area contributed by atoms with Crippen LogP contribution in [0.25, 0.3) is 11.2 Å². The summed E-state index contributed by atoms with van der Waals surface area (Å²) < 4.78 is 8.50. The number of aromatic amines is 1. The molecule has 1 aromatic carbocycles. The fraction of sp³-hybridized carbons (Fsp3) is 0.154. The molecule has 0 radical (unpaired) electrons. The minimum atomic E-state index is -2.61. The number of nitro groups is 1. The van der Waals surface area contributed by atoms with Crippen LogP contribution in [0.4, 0.5) is 15.9 Å². The van der Waals surface area contributed by atoms with Gasteiger partial charge in [0.25, 0.3) is 15.3 Å². The fourth-order valence-electron chi connectivity index (χ4n) is 2.20. The molecule has 2 heterocycles. The largest absolute Gasteiger partial charge is 0.340 e. The number of nitrogens with zero attached hydrogens (tertiary/aromatic N) is 4. The van der Waals surface area contributed by atoms with E-state index in [4.69, 9.17) is 40.5 Å². The van der Waals surface area contributed by atoms with E-state index in [9.17, 15) is 14.5 Å². The molecule has 4 N–H and O–H groups in total. The number of rotatable bonds is 7. The summed E-state index contributed by atoms with van der Waals surface area (Å²) in [7, 11) is 0. The maximum absolute atomic E-state index is 14.0. The highest BCUT2D eigenvalue weighted by atomic mass is 79.9. The highest BCUT2D eigenvalue weighted by Gasteiger charge is 2.48. The molecule has 0 amide bonds. The summed E-state index contributed by atoms with van der Waals surface area (Å²) in [5.41, 5.74) is 6.96. The van der Waals surface area contributed by atoms with Crippen molar-refractivity contribution in [3.05, 3.63) is 50.5 Å². The van der Waals surface area contributed by atoms with Crippen molar-refractivity contribution >= 4 is 97.1 Å². The zero-order valence-corrected chi connectivity index (χ0v) is 19.2. The SMILES string of the molecule is NC(S[N+](=O)[O-])(SC(F)(Cl)Br)c1nc(Nc2cccc(Cl)c2Cl)c2[nH]cnc2n1. The second kappa shape index (κ2) is 8.57. The van der Waals surface area contributed by atoms with E-state index in [0.717, 1.165) is 0 Å². The predicted octanol–water partition coefficient (Wildman–Crippen LogP) is 5.34. The third kappa shape index (κ3) is 5.34. The summed E-state index contributed by atoms with van der Waals surface area (Å²) >= 11 is 20.5. The Morgan fingerprint density at radius 1 is 1.38 bits per heavy atom. The number of fused-ring (bicyclic) bond motifs is 1. The molecular formula is C13H8BrCl3FN7O2S2. The molecule has 154 valence electrons. The molecule has 16 heteroatoms. The number of alkyl halides is 3. The van der Waals surface area contributed by atoms with Gasteiger partial charge in [0.2, 0.25) is 4.20 Å². The van der Waals surface area contributed by atoms with E-state index >= 15 is 0 Å². The third-order valence-electron chi connectivity index (χ3n) is 3.28. The number of halogens is 5. The molecule has 2 atom stereocenters. The molecule has 0 saturated heterocycles. The van der Waals surface area contributed by atoms with Crippen LogP contribution in [-0.2, 0) is 4.20 Å². The van der Waals surface area contributed by atoms with Crippen molar-refractivity contribution in [2.75, 3.05) is 5.32 Å². The molecule has 29 heavy (non-hydrogen) atoms. The Hall–Kier alpha value is -1.09. The van der Waals surface area contributed by atoms with Gasteiger partial charge in [-0.05, 0) is 39.8 Å². The second-order valence-electron chi connectivity index (χ2n) is 5.25. The van der Waals surface area contributed by atoms with Crippen LogP contribution >= 0.6 is 74.4 Å². The van der Waals surface area contributed by atoms with Crippen molar-refractivity contribution < 1.29 is 8.72 Å². The van der Waals surface area contributed by atoms with Gasteiger partial charge >= 0.3 is 0 Å². The average Bonchev–Trinajstić information content (AvgIpc) is 3.05. The lowest BCUT2D eigenvalue weighted by molar-refractivity contribution is -0.285. The Bertz CT molecular complexity index is 1090. The highest BCUT2D eigenvalue weighted by molar-refractivity contribution is 9.12. The molecule has 0 fully saturated rings. The van der Waals surface area contributed by atoms with Crippen LogP contribution in [0.2, 0.25) is 10.0 Å². The van der Waals surface area contributed by atoms with Crippen molar-refractivity contribution in [1.29, 1.82) is 0 Å². The second-order valence-corrected chi connectivity index (χ2v) is 11.7.